The molecule has 3 nitrogen and oxygen atoms in total. The average Bonchev–Trinajstić information content (AvgIpc) is 2.13. The van der Waals surface area contributed by atoms with Crippen LogP contribution in [0.2, 0.25) is 0 Å². The van der Waals surface area contributed by atoms with Gasteiger partial charge in [0.1, 0.15) is 0 Å². The minimum Gasteiger partial charge on any atom is -0.348 e. The fourth-order valence-corrected chi connectivity index (χ4v) is 2.31. The lowest BCUT2D eigenvalue weighted by Gasteiger charge is -2.48. The molecular formula is C12H24N2O. The molecule has 1 aliphatic heterocycles. The van der Waals surface area contributed by atoms with Gasteiger partial charge in [-0.05, 0) is 12.8 Å². The zero-order valence-corrected chi connectivity index (χ0v) is 10.7. The van der Waals surface area contributed by atoms with E-state index in [1.165, 1.54) is 6.42 Å². The summed E-state index contributed by atoms with van der Waals surface area (Å²) < 4.78 is 0. The molecule has 0 saturated carbocycles. The zero-order valence-electron chi connectivity index (χ0n) is 10.7. The first kappa shape index (κ1) is 12.5. The van der Waals surface area contributed by atoms with Crippen LogP contribution in [0, 0.1) is 11.3 Å². The van der Waals surface area contributed by atoms with E-state index in [0.717, 1.165) is 25.6 Å². The number of rotatable bonds is 4. The van der Waals surface area contributed by atoms with Gasteiger partial charge in [-0.3, -0.25) is 4.79 Å². The van der Waals surface area contributed by atoms with Gasteiger partial charge in [0.05, 0.1) is 5.41 Å². The van der Waals surface area contributed by atoms with Crippen molar-refractivity contribution in [2.24, 2.45) is 11.3 Å². The van der Waals surface area contributed by atoms with E-state index >= 15 is 0 Å². The van der Waals surface area contributed by atoms with E-state index in [1.807, 2.05) is 14.1 Å². The summed E-state index contributed by atoms with van der Waals surface area (Å²) >= 11 is 0. The van der Waals surface area contributed by atoms with Gasteiger partial charge in [-0.2, -0.15) is 0 Å². The first-order chi connectivity index (χ1) is 6.89. The van der Waals surface area contributed by atoms with Gasteiger partial charge in [-0.1, -0.05) is 20.3 Å². The number of nitrogens with zero attached hydrogens (tertiary/aromatic N) is 2. The normalized spacial score (nSPS) is 21.9. The topological polar surface area (TPSA) is 23.6 Å². The minimum absolute atomic E-state index is 0.128. The number of hydrogen-bond donors (Lipinski definition) is 0. The monoisotopic (exact) mass is 212 g/mol. The molecule has 1 rings (SSSR count). The van der Waals surface area contributed by atoms with Crippen LogP contribution in [-0.2, 0) is 4.79 Å². The Hall–Kier alpha value is -0.570. The molecule has 1 aliphatic rings. The van der Waals surface area contributed by atoms with Gasteiger partial charge in [0, 0.05) is 33.7 Å². The second kappa shape index (κ2) is 4.52. The van der Waals surface area contributed by atoms with Crippen molar-refractivity contribution in [1.82, 2.24) is 9.80 Å². The Morgan fingerprint density at radius 3 is 2.40 bits per heavy atom. The predicted octanol–water partition coefficient (Wildman–Crippen LogP) is 1.44. The second-order valence-electron chi connectivity index (χ2n) is 5.44. The van der Waals surface area contributed by atoms with Crippen molar-refractivity contribution in [3.8, 4) is 0 Å². The lowest BCUT2D eigenvalue weighted by atomic mass is 9.80. The molecule has 0 N–H and O–H groups in total. The molecule has 15 heavy (non-hydrogen) atoms. The van der Waals surface area contributed by atoms with Crippen molar-refractivity contribution in [3.05, 3.63) is 0 Å². The molecule has 3 heteroatoms. The Bertz CT molecular complexity index is 232. The van der Waals surface area contributed by atoms with Crippen LogP contribution < -0.4 is 0 Å². The highest BCUT2D eigenvalue weighted by atomic mass is 16.2. The van der Waals surface area contributed by atoms with Gasteiger partial charge in [-0.15, -0.1) is 0 Å². The van der Waals surface area contributed by atoms with Crippen LogP contribution in [-0.4, -0.2) is 49.4 Å². The largest absolute Gasteiger partial charge is 0.348 e. The van der Waals surface area contributed by atoms with Crippen molar-refractivity contribution >= 4 is 5.91 Å². The van der Waals surface area contributed by atoms with Crippen LogP contribution in [0.1, 0.15) is 27.2 Å². The summed E-state index contributed by atoms with van der Waals surface area (Å²) in [6.45, 7) is 9.54. The molecule has 1 unspecified atom stereocenters. The van der Waals surface area contributed by atoms with Crippen molar-refractivity contribution < 1.29 is 4.79 Å². The molecule has 0 aromatic heterocycles. The summed E-state index contributed by atoms with van der Waals surface area (Å²) in [6.07, 6.45) is 1.22. The maximum Gasteiger partial charge on any atom is 0.230 e. The van der Waals surface area contributed by atoms with E-state index in [2.05, 4.69) is 25.7 Å². The van der Waals surface area contributed by atoms with Crippen LogP contribution in [0.5, 0.6) is 0 Å². The van der Waals surface area contributed by atoms with E-state index in [-0.39, 0.29) is 11.3 Å². The second-order valence-corrected chi connectivity index (χ2v) is 5.44. The number of carbonyl (C=O) groups is 1. The first-order valence-electron chi connectivity index (χ1n) is 5.83. The third kappa shape index (κ3) is 2.71. The van der Waals surface area contributed by atoms with Gasteiger partial charge in [0.15, 0.2) is 0 Å². The van der Waals surface area contributed by atoms with Crippen LogP contribution in [0.3, 0.4) is 0 Å². The van der Waals surface area contributed by atoms with Gasteiger partial charge in [0.25, 0.3) is 0 Å². The molecule has 1 fully saturated rings. The molecule has 0 aliphatic carbocycles. The Labute approximate surface area is 93.4 Å². The smallest absolute Gasteiger partial charge is 0.230 e. The molecule has 1 saturated heterocycles. The summed E-state index contributed by atoms with van der Waals surface area (Å²) in [4.78, 5) is 15.9. The molecule has 0 aromatic rings. The van der Waals surface area contributed by atoms with Crippen LogP contribution in [0.15, 0.2) is 0 Å². The fraction of sp³-hybridized carbons (Fsp3) is 0.917. The SMILES string of the molecule is CCC(C)CN1CC(C)(C(=O)N(C)C)C1. The highest BCUT2D eigenvalue weighted by molar-refractivity contribution is 5.83. The average molecular weight is 212 g/mol. The van der Waals surface area contributed by atoms with Gasteiger partial charge < -0.3 is 9.80 Å². The van der Waals surface area contributed by atoms with Crippen LogP contribution >= 0.6 is 0 Å². The Balaban J connectivity index is 2.38. The number of amides is 1. The zero-order chi connectivity index (χ0) is 11.6. The number of hydrogen-bond acceptors (Lipinski definition) is 2. The Morgan fingerprint density at radius 1 is 1.47 bits per heavy atom. The van der Waals surface area contributed by atoms with Gasteiger partial charge in [-0.25, -0.2) is 0 Å². The van der Waals surface area contributed by atoms with Crippen molar-refractivity contribution in [3.63, 3.8) is 0 Å². The van der Waals surface area contributed by atoms with E-state index in [0.29, 0.717) is 0 Å². The Morgan fingerprint density at radius 2 is 2.00 bits per heavy atom. The predicted molar refractivity (Wildman–Crippen MR) is 62.7 cm³/mol. The third-order valence-electron chi connectivity index (χ3n) is 3.33. The van der Waals surface area contributed by atoms with Gasteiger partial charge >= 0.3 is 0 Å². The summed E-state index contributed by atoms with van der Waals surface area (Å²) in [6, 6.07) is 0. The molecule has 1 heterocycles. The van der Waals surface area contributed by atoms with E-state index in [1.54, 1.807) is 4.90 Å². The van der Waals surface area contributed by atoms with Crippen LogP contribution in [0.4, 0.5) is 0 Å². The molecular weight excluding hydrogens is 188 g/mol. The molecule has 88 valence electrons. The lowest BCUT2D eigenvalue weighted by Crippen LogP contribution is -2.61. The minimum atomic E-state index is -0.128. The highest BCUT2D eigenvalue weighted by Crippen LogP contribution is 2.32. The Kier molecular flexibility index (Phi) is 3.77. The summed E-state index contributed by atoms with van der Waals surface area (Å²) in [5.41, 5.74) is -0.128. The first-order valence-corrected chi connectivity index (χ1v) is 5.83. The molecule has 1 atom stereocenters. The van der Waals surface area contributed by atoms with Crippen molar-refractivity contribution in [2.75, 3.05) is 33.7 Å². The maximum atomic E-state index is 11.8. The quantitative estimate of drug-likeness (QED) is 0.704. The molecule has 0 bridgehead atoms. The lowest BCUT2D eigenvalue weighted by molar-refractivity contribution is -0.149. The summed E-state index contributed by atoms with van der Waals surface area (Å²) in [5.74, 6) is 1.01. The summed E-state index contributed by atoms with van der Waals surface area (Å²) in [5, 5.41) is 0. The van der Waals surface area contributed by atoms with E-state index in [4.69, 9.17) is 0 Å². The standard InChI is InChI=1S/C12H24N2O/c1-6-10(2)7-14-8-12(3,9-14)11(15)13(4)5/h10H,6-9H2,1-5H3. The van der Waals surface area contributed by atoms with Crippen molar-refractivity contribution in [1.29, 1.82) is 0 Å². The summed E-state index contributed by atoms with van der Waals surface area (Å²) in [7, 11) is 3.68. The van der Waals surface area contributed by atoms with Crippen LogP contribution in [0.25, 0.3) is 0 Å². The number of likely N-dealkylation sites (tertiary alicyclic amines) is 1. The van der Waals surface area contributed by atoms with E-state index < -0.39 is 0 Å². The molecule has 1 amide bonds. The van der Waals surface area contributed by atoms with Gasteiger partial charge in [0.2, 0.25) is 5.91 Å². The third-order valence-corrected chi connectivity index (χ3v) is 3.33. The number of carbonyl (C=O) groups excluding carboxylic acids is 1. The fourth-order valence-electron chi connectivity index (χ4n) is 2.31. The van der Waals surface area contributed by atoms with E-state index in [9.17, 15) is 4.79 Å². The molecule has 0 radical (unpaired) electrons. The molecule has 0 aromatic carbocycles. The molecule has 0 spiro atoms. The van der Waals surface area contributed by atoms with Crippen molar-refractivity contribution in [2.45, 2.75) is 27.2 Å². The maximum absolute atomic E-state index is 11.8. The highest BCUT2D eigenvalue weighted by Gasteiger charge is 2.45.